The van der Waals surface area contributed by atoms with Crippen LogP contribution in [0.3, 0.4) is 0 Å². The molecule has 106 valence electrons. The highest BCUT2D eigenvalue weighted by atomic mass is 35.5. The van der Waals surface area contributed by atoms with Gasteiger partial charge < -0.3 is 15.1 Å². The van der Waals surface area contributed by atoms with Crippen molar-refractivity contribution < 1.29 is 9.21 Å². The average molecular weight is 293 g/mol. The van der Waals surface area contributed by atoms with Gasteiger partial charge in [-0.25, -0.2) is 0 Å². The van der Waals surface area contributed by atoms with Crippen LogP contribution in [0.1, 0.15) is 28.3 Å². The van der Waals surface area contributed by atoms with Crippen LogP contribution in [0.25, 0.3) is 0 Å². The van der Waals surface area contributed by atoms with Gasteiger partial charge in [-0.1, -0.05) is 0 Å². The first-order chi connectivity index (χ1) is 9.22. The average Bonchev–Trinajstić information content (AvgIpc) is 2.85. The number of rotatable bonds is 2. The molecular formula is C15H17ClN2O2. The molecule has 5 heteroatoms. The summed E-state index contributed by atoms with van der Waals surface area (Å²) in [5.41, 5.74) is 3.22. The molecule has 2 N–H and O–H groups in total. The molecule has 0 radical (unpaired) electrons. The second-order valence-electron chi connectivity index (χ2n) is 4.77. The van der Waals surface area contributed by atoms with Gasteiger partial charge in [0.1, 0.15) is 5.76 Å². The maximum atomic E-state index is 12.0. The van der Waals surface area contributed by atoms with E-state index in [1.54, 1.807) is 12.1 Å². The first-order valence-electron chi connectivity index (χ1n) is 6.47. The Morgan fingerprint density at radius 2 is 2.15 bits per heavy atom. The van der Waals surface area contributed by atoms with Gasteiger partial charge in [0, 0.05) is 17.9 Å². The van der Waals surface area contributed by atoms with Crippen LogP contribution in [-0.4, -0.2) is 12.5 Å². The topological polar surface area (TPSA) is 54.3 Å². The first-order valence-corrected chi connectivity index (χ1v) is 6.47. The fourth-order valence-electron chi connectivity index (χ4n) is 2.30. The SMILES string of the molecule is Cc1ccc(C(=O)Nc2ccc3c(c2)CCCN3)o1.Cl. The maximum absolute atomic E-state index is 12.0. The third-order valence-electron chi connectivity index (χ3n) is 3.27. The number of fused-ring (bicyclic) bond motifs is 1. The number of hydrogen-bond donors (Lipinski definition) is 2. The molecule has 3 rings (SSSR count). The summed E-state index contributed by atoms with van der Waals surface area (Å²) in [5.74, 6) is 0.866. The van der Waals surface area contributed by atoms with E-state index in [9.17, 15) is 4.79 Å². The van der Waals surface area contributed by atoms with Gasteiger partial charge in [-0.05, 0) is 55.7 Å². The molecule has 0 fully saturated rings. The lowest BCUT2D eigenvalue weighted by atomic mass is 10.0. The summed E-state index contributed by atoms with van der Waals surface area (Å²) in [5, 5.41) is 6.21. The normalized spacial score (nSPS) is 12.8. The van der Waals surface area contributed by atoms with Gasteiger partial charge in [0.2, 0.25) is 0 Å². The lowest BCUT2D eigenvalue weighted by molar-refractivity contribution is 0.0995. The van der Waals surface area contributed by atoms with Crippen molar-refractivity contribution in [3.05, 3.63) is 47.4 Å². The molecule has 0 unspecified atom stereocenters. The van der Waals surface area contributed by atoms with Crippen LogP contribution in [0.2, 0.25) is 0 Å². The van der Waals surface area contributed by atoms with Crippen molar-refractivity contribution in [1.29, 1.82) is 0 Å². The number of anilines is 2. The fraction of sp³-hybridized carbons (Fsp3) is 0.267. The number of nitrogens with one attached hydrogen (secondary N) is 2. The zero-order valence-corrected chi connectivity index (χ0v) is 12.0. The number of furan rings is 1. The molecule has 1 amide bonds. The van der Waals surface area contributed by atoms with Gasteiger partial charge in [-0.2, -0.15) is 0 Å². The highest BCUT2D eigenvalue weighted by Crippen LogP contribution is 2.25. The van der Waals surface area contributed by atoms with Crippen LogP contribution in [0.5, 0.6) is 0 Å². The Balaban J connectivity index is 0.00000147. The van der Waals surface area contributed by atoms with E-state index in [4.69, 9.17) is 4.42 Å². The van der Waals surface area contributed by atoms with Crippen LogP contribution >= 0.6 is 12.4 Å². The van der Waals surface area contributed by atoms with E-state index in [1.807, 2.05) is 25.1 Å². The summed E-state index contributed by atoms with van der Waals surface area (Å²) in [6.07, 6.45) is 2.17. The van der Waals surface area contributed by atoms with E-state index in [1.165, 1.54) is 5.56 Å². The van der Waals surface area contributed by atoms with Gasteiger partial charge in [0.15, 0.2) is 5.76 Å². The Kier molecular flexibility index (Phi) is 4.35. The zero-order chi connectivity index (χ0) is 13.2. The predicted molar refractivity (Wildman–Crippen MR) is 81.9 cm³/mol. The van der Waals surface area contributed by atoms with Crippen molar-refractivity contribution in [2.45, 2.75) is 19.8 Å². The Labute approximate surface area is 124 Å². The van der Waals surface area contributed by atoms with Gasteiger partial charge in [-0.3, -0.25) is 4.79 Å². The van der Waals surface area contributed by atoms with Crippen molar-refractivity contribution in [2.24, 2.45) is 0 Å². The van der Waals surface area contributed by atoms with E-state index < -0.39 is 0 Å². The number of halogens is 1. The molecule has 0 aliphatic carbocycles. The van der Waals surface area contributed by atoms with Crippen molar-refractivity contribution in [1.82, 2.24) is 0 Å². The predicted octanol–water partition coefficient (Wildman–Crippen LogP) is 3.62. The Morgan fingerprint density at radius 1 is 1.30 bits per heavy atom. The van der Waals surface area contributed by atoms with Crippen molar-refractivity contribution >= 4 is 29.7 Å². The Morgan fingerprint density at radius 3 is 2.90 bits per heavy atom. The number of carbonyl (C=O) groups is 1. The largest absolute Gasteiger partial charge is 0.456 e. The van der Waals surface area contributed by atoms with E-state index in [2.05, 4.69) is 10.6 Å². The molecule has 0 atom stereocenters. The second kappa shape index (κ2) is 6.01. The van der Waals surface area contributed by atoms with Gasteiger partial charge in [0.05, 0.1) is 0 Å². The number of amides is 1. The molecule has 2 aromatic rings. The molecule has 1 aromatic heterocycles. The minimum atomic E-state index is -0.211. The van der Waals surface area contributed by atoms with Crippen molar-refractivity contribution in [2.75, 3.05) is 17.2 Å². The van der Waals surface area contributed by atoms with E-state index in [0.29, 0.717) is 5.76 Å². The van der Waals surface area contributed by atoms with Gasteiger partial charge >= 0.3 is 0 Å². The van der Waals surface area contributed by atoms with Gasteiger partial charge in [-0.15, -0.1) is 12.4 Å². The molecule has 1 aliphatic rings. The van der Waals surface area contributed by atoms with E-state index in [-0.39, 0.29) is 18.3 Å². The van der Waals surface area contributed by atoms with Crippen LogP contribution in [0.15, 0.2) is 34.7 Å². The summed E-state index contributed by atoms with van der Waals surface area (Å²) in [7, 11) is 0. The number of benzene rings is 1. The van der Waals surface area contributed by atoms with Crippen molar-refractivity contribution in [3.63, 3.8) is 0 Å². The monoisotopic (exact) mass is 292 g/mol. The standard InChI is InChI=1S/C15H16N2O2.ClH/c1-10-4-7-14(19-10)15(18)17-12-5-6-13-11(9-12)3-2-8-16-13;/h4-7,9,16H,2-3,8H2,1H3,(H,17,18);1H. The highest BCUT2D eigenvalue weighted by molar-refractivity contribution is 6.02. The Hall–Kier alpha value is -1.94. The van der Waals surface area contributed by atoms with Crippen LogP contribution in [0, 0.1) is 6.92 Å². The van der Waals surface area contributed by atoms with E-state index in [0.717, 1.165) is 36.5 Å². The first kappa shape index (κ1) is 14.5. The summed E-state index contributed by atoms with van der Waals surface area (Å²) in [4.78, 5) is 12.0. The van der Waals surface area contributed by atoms with E-state index >= 15 is 0 Å². The molecule has 1 aliphatic heterocycles. The maximum Gasteiger partial charge on any atom is 0.291 e. The third kappa shape index (κ3) is 2.96. The summed E-state index contributed by atoms with van der Waals surface area (Å²) in [6.45, 7) is 2.84. The smallest absolute Gasteiger partial charge is 0.291 e. The van der Waals surface area contributed by atoms with Crippen LogP contribution in [0.4, 0.5) is 11.4 Å². The molecule has 0 spiro atoms. The minimum Gasteiger partial charge on any atom is -0.456 e. The number of aryl methyl sites for hydroxylation is 2. The molecule has 4 nitrogen and oxygen atoms in total. The lowest BCUT2D eigenvalue weighted by Crippen LogP contribution is -2.14. The lowest BCUT2D eigenvalue weighted by Gasteiger charge is -2.18. The zero-order valence-electron chi connectivity index (χ0n) is 11.2. The minimum absolute atomic E-state index is 0. The molecule has 0 saturated heterocycles. The molecule has 1 aromatic carbocycles. The third-order valence-corrected chi connectivity index (χ3v) is 3.27. The second-order valence-corrected chi connectivity index (χ2v) is 4.77. The van der Waals surface area contributed by atoms with Crippen LogP contribution in [-0.2, 0) is 6.42 Å². The van der Waals surface area contributed by atoms with Crippen molar-refractivity contribution in [3.8, 4) is 0 Å². The summed E-state index contributed by atoms with van der Waals surface area (Å²) >= 11 is 0. The molecule has 20 heavy (non-hydrogen) atoms. The number of carbonyl (C=O) groups excluding carboxylic acids is 1. The summed E-state index contributed by atoms with van der Waals surface area (Å²) < 4.78 is 5.31. The molecule has 2 heterocycles. The van der Waals surface area contributed by atoms with Gasteiger partial charge in [0.25, 0.3) is 5.91 Å². The number of hydrogen-bond acceptors (Lipinski definition) is 3. The molecule has 0 bridgehead atoms. The highest BCUT2D eigenvalue weighted by Gasteiger charge is 2.12. The molecular weight excluding hydrogens is 276 g/mol. The quantitative estimate of drug-likeness (QED) is 0.889. The van der Waals surface area contributed by atoms with Crippen LogP contribution < -0.4 is 10.6 Å². The Bertz CT molecular complexity index is 622. The summed E-state index contributed by atoms with van der Waals surface area (Å²) in [6, 6.07) is 9.41. The molecule has 0 saturated carbocycles. The fourth-order valence-corrected chi connectivity index (χ4v) is 2.30.